The number of carbonyl (C=O) groups is 3. The second kappa shape index (κ2) is 9.87. The average molecular weight is 415 g/mol. The summed E-state index contributed by atoms with van der Waals surface area (Å²) >= 11 is 0. The zero-order valence-electron chi connectivity index (χ0n) is 17.4. The van der Waals surface area contributed by atoms with Gasteiger partial charge in [0.05, 0.1) is 11.4 Å². The van der Waals surface area contributed by atoms with Crippen molar-refractivity contribution >= 4 is 29.3 Å². The van der Waals surface area contributed by atoms with Gasteiger partial charge in [0.15, 0.2) is 0 Å². The van der Waals surface area contributed by atoms with Crippen molar-refractivity contribution in [3.63, 3.8) is 0 Å². The van der Waals surface area contributed by atoms with E-state index in [1.807, 2.05) is 0 Å². The van der Waals surface area contributed by atoms with Crippen LogP contribution in [0.5, 0.6) is 0 Å². The molecular weight excluding hydrogens is 389 g/mol. The van der Waals surface area contributed by atoms with Gasteiger partial charge in [-0.25, -0.2) is 9.18 Å². The number of nitrogens with one attached hydrogen (secondary N) is 3. The van der Waals surface area contributed by atoms with Crippen LogP contribution in [-0.4, -0.2) is 29.6 Å². The Bertz CT molecular complexity index is 910. The van der Waals surface area contributed by atoms with Gasteiger partial charge in [0.2, 0.25) is 5.91 Å². The molecule has 0 aliphatic rings. The summed E-state index contributed by atoms with van der Waals surface area (Å²) < 4.78 is 18.9. The Labute approximate surface area is 175 Å². The van der Waals surface area contributed by atoms with Crippen LogP contribution in [0.4, 0.5) is 20.6 Å². The van der Waals surface area contributed by atoms with Crippen LogP contribution in [0.25, 0.3) is 0 Å². The minimum Gasteiger partial charge on any atom is -0.444 e. The molecule has 0 spiro atoms. The van der Waals surface area contributed by atoms with E-state index in [0.717, 1.165) is 12.1 Å². The summed E-state index contributed by atoms with van der Waals surface area (Å²) in [6, 6.07) is 11.7. The van der Waals surface area contributed by atoms with Gasteiger partial charge in [-0.2, -0.15) is 0 Å². The first kappa shape index (κ1) is 22.9. The Morgan fingerprint density at radius 3 is 2.30 bits per heavy atom. The Morgan fingerprint density at radius 2 is 1.67 bits per heavy atom. The predicted molar refractivity (Wildman–Crippen MR) is 113 cm³/mol. The van der Waals surface area contributed by atoms with Crippen molar-refractivity contribution in [2.45, 2.75) is 45.8 Å². The minimum atomic E-state index is -0.729. The SMILES string of the molecule is CC(CC(=O)Nc1cc(F)ccc1NC(=O)OC(C)(C)C)NC(=O)c1ccccc1. The van der Waals surface area contributed by atoms with Gasteiger partial charge in [-0.05, 0) is 58.0 Å². The lowest BCUT2D eigenvalue weighted by Gasteiger charge is -2.21. The fourth-order valence-corrected chi connectivity index (χ4v) is 2.57. The molecule has 0 aromatic heterocycles. The molecule has 2 aromatic carbocycles. The summed E-state index contributed by atoms with van der Waals surface area (Å²) in [6.07, 6.45) is -0.769. The minimum absolute atomic E-state index is 0.0407. The van der Waals surface area contributed by atoms with E-state index in [1.54, 1.807) is 58.0 Å². The number of hydrogen-bond acceptors (Lipinski definition) is 4. The molecule has 0 heterocycles. The Morgan fingerprint density at radius 1 is 1.00 bits per heavy atom. The zero-order chi connectivity index (χ0) is 22.3. The third-order valence-corrected chi connectivity index (χ3v) is 3.80. The van der Waals surface area contributed by atoms with Crippen LogP contribution in [-0.2, 0) is 9.53 Å². The summed E-state index contributed by atoms with van der Waals surface area (Å²) in [5.41, 5.74) is 0.0612. The fraction of sp³-hybridized carbons (Fsp3) is 0.318. The molecule has 3 amide bonds. The molecule has 1 unspecified atom stereocenters. The molecule has 8 heteroatoms. The molecular formula is C22H26FN3O4. The topological polar surface area (TPSA) is 96.5 Å². The molecule has 2 aromatic rings. The lowest BCUT2D eigenvalue weighted by Crippen LogP contribution is -2.35. The van der Waals surface area contributed by atoms with E-state index in [0.29, 0.717) is 5.56 Å². The van der Waals surface area contributed by atoms with Crippen molar-refractivity contribution in [3.05, 3.63) is 59.9 Å². The van der Waals surface area contributed by atoms with E-state index in [9.17, 15) is 18.8 Å². The van der Waals surface area contributed by atoms with Crippen LogP contribution in [0.3, 0.4) is 0 Å². The lowest BCUT2D eigenvalue weighted by molar-refractivity contribution is -0.116. The maximum Gasteiger partial charge on any atom is 0.412 e. The Kier molecular flexibility index (Phi) is 7.52. The molecule has 160 valence electrons. The average Bonchev–Trinajstić information content (AvgIpc) is 2.63. The van der Waals surface area contributed by atoms with Gasteiger partial charge < -0.3 is 15.4 Å². The van der Waals surface area contributed by atoms with E-state index in [2.05, 4.69) is 16.0 Å². The number of amides is 3. The lowest BCUT2D eigenvalue weighted by atomic mass is 10.1. The standard InChI is InChI=1S/C22H26FN3O4/c1-14(24-20(28)15-8-6-5-7-9-15)12-19(27)25-18-13-16(23)10-11-17(18)26-21(29)30-22(2,3)4/h5-11,13-14H,12H2,1-4H3,(H,24,28)(H,25,27)(H,26,29). The first-order valence-corrected chi connectivity index (χ1v) is 9.49. The van der Waals surface area contributed by atoms with Gasteiger partial charge in [0.25, 0.3) is 5.91 Å². The van der Waals surface area contributed by atoms with E-state index < -0.39 is 29.5 Å². The summed E-state index contributed by atoms with van der Waals surface area (Å²) in [5, 5.41) is 7.79. The summed E-state index contributed by atoms with van der Waals surface area (Å²) in [4.78, 5) is 36.6. The third-order valence-electron chi connectivity index (χ3n) is 3.80. The number of anilines is 2. The van der Waals surface area contributed by atoms with Crippen LogP contribution in [0.2, 0.25) is 0 Å². The fourth-order valence-electron chi connectivity index (χ4n) is 2.57. The van der Waals surface area contributed by atoms with Gasteiger partial charge in [-0.15, -0.1) is 0 Å². The number of halogens is 1. The summed E-state index contributed by atoms with van der Waals surface area (Å²) in [5.74, 6) is -1.33. The Hall–Kier alpha value is -3.42. The molecule has 0 saturated heterocycles. The van der Waals surface area contributed by atoms with Crippen LogP contribution < -0.4 is 16.0 Å². The second-order valence-corrected chi connectivity index (χ2v) is 7.81. The first-order chi connectivity index (χ1) is 14.0. The van der Waals surface area contributed by atoms with Crippen molar-refractivity contribution < 1.29 is 23.5 Å². The first-order valence-electron chi connectivity index (χ1n) is 9.49. The van der Waals surface area contributed by atoms with Crippen molar-refractivity contribution in [1.29, 1.82) is 0 Å². The smallest absolute Gasteiger partial charge is 0.412 e. The van der Waals surface area contributed by atoms with E-state index >= 15 is 0 Å². The second-order valence-electron chi connectivity index (χ2n) is 7.81. The molecule has 3 N–H and O–H groups in total. The molecule has 0 fully saturated rings. The maximum atomic E-state index is 13.7. The van der Waals surface area contributed by atoms with Gasteiger partial charge in [-0.3, -0.25) is 14.9 Å². The number of rotatable bonds is 6. The van der Waals surface area contributed by atoms with Crippen LogP contribution in [0.15, 0.2) is 48.5 Å². The van der Waals surface area contributed by atoms with Crippen LogP contribution in [0, 0.1) is 5.82 Å². The Balaban J connectivity index is 1.99. The highest BCUT2D eigenvalue weighted by atomic mass is 19.1. The van der Waals surface area contributed by atoms with Gasteiger partial charge in [0, 0.05) is 18.0 Å². The molecule has 2 rings (SSSR count). The van der Waals surface area contributed by atoms with E-state index in [-0.39, 0.29) is 23.7 Å². The number of benzene rings is 2. The van der Waals surface area contributed by atoms with Crippen LogP contribution in [0.1, 0.15) is 44.5 Å². The molecule has 1 atom stereocenters. The highest BCUT2D eigenvalue weighted by Gasteiger charge is 2.19. The van der Waals surface area contributed by atoms with E-state index in [1.165, 1.54) is 6.07 Å². The normalized spacial score (nSPS) is 11.9. The maximum absolute atomic E-state index is 13.7. The van der Waals surface area contributed by atoms with Gasteiger partial charge in [-0.1, -0.05) is 18.2 Å². The van der Waals surface area contributed by atoms with Crippen molar-refractivity contribution in [2.75, 3.05) is 10.6 Å². The van der Waals surface area contributed by atoms with Crippen molar-refractivity contribution in [3.8, 4) is 0 Å². The molecule has 0 aliphatic heterocycles. The molecule has 7 nitrogen and oxygen atoms in total. The molecule has 0 saturated carbocycles. The zero-order valence-corrected chi connectivity index (χ0v) is 17.4. The highest BCUT2D eigenvalue weighted by Crippen LogP contribution is 2.24. The third kappa shape index (κ3) is 7.54. The summed E-state index contributed by atoms with van der Waals surface area (Å²) in [7, 11) is 0. The highest BCUT2D eigenvalue weighted by molar-refractivity contribution is 5.99. The molecule has 30 heavy (non-hydrogen) atoms. The van der Waals surface area contributed by atoms with Crippen molar-refractivity contribution in [1.82, 2.24) is 5.32 Å². The van der Waals surface area contributed by atoms with E-state index in [4.69, 9.17) is 4.74 Å². The molecule has 0 bridgehead atoms. The number of hydrogen-bond donors (Lipinski definition) is 3. The van der Waals surface area contributed by atoms with Crippen molar-refractivity contribution in [2.24, 2.45) is 0 Å². The quantitative estimate of drug-likeness (QED) is 0.655. The summed E-state index contributed by atoms with van der Waals surface area (Å²) in [6.45, 7) is 6.83. The number of ether oxygens (including phenoxy) is 1. The van der Waals surface area contributed by atoms with Gasteiger partial charge in [0.1, 0.15) is 11.4 Å². The largest absolute Gasteiger partial charge is 0.444 e. The molecule has 0 radical (unpaired) electrons. The predicted octanol–water partition coefficient (Wildman–Crippen LogP) is 4.32. The molecule has 0 aliphatic carbocycles. The van der Waals surface area contributed by atoms with Crippen LogP contribution >= 0.6 is 0 Å². The monoisotopic (exact) mass is 415 g/mol. The van der Waals surface area contributed by atoms with Gasteiger partial charge >= 0.3 is 6.09 Å². The number of carbonyl (C=O) groups excluding carboxylic acids is 3.